The van der Waals surface area contributed by atoms with Gasteiger partial charge in [0.05, 0.1) is 51.1 Å². The molecule has 290 valence electrons. The lowest BCUT2D eigenvalue weighted by Crippen LogP contribution is -2.07. The van der Waals surface area contributed by atoms with Gasteiger partial charge in [0.15, 0.2) is 0 Å². The van der Waals surface area contributed by atoms with Crippen molar-refractivity contribution in [3.05, 3.63) is 185 Å². The normalized spacial score (nSPS) is 11.9. The van der Waals surface area contributed by atoms with Crippen LogP contribution in [-0.2, 0) is 6.18 Å². The lowest BCUT2D eigenvalue weighted by atomic mass is 9.97. The number of fused-ring (bicyclic) bond motifs is 6. The van der Waals surface area contributed by atoms with E-state index >= 15 is 0 Å². The lowest BCUT2D eigenvalue weighted by molar-refractivity contribution is -0.137. The van der Waals surface area contributed by atoms with E-state index in [1.54, 1.807) is 6.20 Å². The fraction of sp³-hybridized carbons (Fsp3) is 0.0943. The number of nitriles is 1. The van der Waals surface area contributed by atoms with E-state index in [1.165, 1.54) is 28.3 Å². The highest BCUT2D eigenvalue weighted by Crippen LogP contribution is 2.42. The molecule has 0 aliphatic heterocycles. The van der Waals surface area contributed by atoms with Crippen LogP contribution in [0.3, 0.4) is 0 Å². The molecule has 0 amide bonds. The van der Waals surface area contributed by atoms with Gasteiger partial charge < -0.3 is 4.57 Å². The lowest BCUT2D eigenvalue weighted by Gasteiger charge is -2.18. The van der Waals surface area contributed by atoms with E-state index < -0.39 is 11.7 Å². The molecule has 60 heavy (non-hydrogen) atoms. The van der Waals surface area contributed by atoms with Crippen molar-refractivity contribution in [2.75, 3.05) is 0 Å². The minimum absolute atomic E-state index is 0.0831. The molecule has 0 saturated carbocycles. The second-order valence-corrected chi connectivity index (χ2v) is 15.8. The number of aromatic nitrogens is 3. The number of alkyl halides is 3. The molecule has 0 saturated heterocycles. The summed E-state index contributed by atoms with van der Waals surface area (Å²) in [4.78, 5) is 5.14. The third-order valence-corrected chi connectivity index (χ3v) is 11.8. The summed E-state index contributed by atoms with van der Waals surface area (Å²) in [6.07, 6.45) is -2.92. The molecule has 0 N–H and O–H groups in total. The summed E-state index contributed by atoms with van der Waals surface area (Å²) in [6, 6.07) is 49.3. The van der Waals surface area contributed by atoms with Gasteiger partial charge in [0.25, 0.3) is 0 Å². The smallest absolute Gasteiger partial charge is 0.307 e. The Morgan fingerprint density at radius 2 is 1.03 bits per heavy atom. The second-order valence-electron chi connectivity index (χ2n) is 15.8. The first-order valence-electron chi connectivity index (χ1n) is 19.8. The van der Waals surface area contributed by atoms with E-state index in [-0.39, 0.29) is 11.1 Å². The number of pyridine rings is 1. The average molecular weight is 787 g/mol. The fourth-order valence-corrected chi connectivity index (χ4v) is 9.04. The third-order valence-electron chi connectivity index (χ3n) is 11.8. The van der Waals surface area contributed by atoms with Crippen LogP contribution in [0.15, 0.2) is 152 Å². The number of hydrogen-bond donors (Lipinski definition) is 0. The van der Waals surface area contributed by atoms with Crippen LogP contribution in [0.5, 0.6) is 0 Å². The van der Waals surface area contributed by atoms with Crippen LogP contribution in [-0.4, -0.2) is 14.1 Å². The average Bonchev–Trinajstić information content (AvgIpc) is 3.75. The van der Waals surface area contributed by atoms with Gasteiger partial charge in [-0.1, -0.05) is 96.1 Å². The number of benzene rings is 7. The Morgan fingerprint density at radius 3 is 1.58 bits per heavy atom. The summed E-state index contributed by atoms with van der Waals surface area (Å²) in [6.45, 7) is 8.40. The SMILES string of the molecule is Cc1ccc(-c2ccc3c(c2)c2ccccc2n3-c2cc(-c3cc(C#N)cc(C(F)(F)F)c3)c(-n3c4ccccc4c4cc(-c5ccc(C)cc5C)ccc43)cn2)c(C)c1. The number of hydrogen-bond acceptors (Lipinski definition) is 2. The topological polar surface area (TPSA) is 46.5 Å². The fourth-order valence-electron chi connectivity index (χ4n) is 9.04. The Labute approximate surface area is 345 Å². The maximum absolute atomic E-state index is 14.5. The summed E-state index contributed by atoms with van der Waals surface area (Å²) in [5, 5.41) is 14.1. The van der Waals surface area contributed by atoms with Gasteiger partial charge in [-0.05, 0) is 127 Å². The highest BCUT2D eigenvalue weighted by molar-refractivity contribution is 6.12. The van der Waals surface area contributed by atoms with Gasteiger partial charge in [0.1, 0.15) is 5.82 Å². The third kappa shape index (κ3) is 6.03. The molecule has 0 fully saturated rings. The predicted octanol–water partition coefficient (Wildman–Crippen LogP) is 14.4. The Hall–Kier alpha value is -7.43. The molecule has 0 unspecified atom stereocenters. The summed E-state index contributed by atoms with van der Waals surface area (Å²) in [7, 11) is 0. The summed E-state index contributed by atoms with van der Waals surface area (Å²) < 4.78 is 47.8. The molecule has 0 radical (unpaired) electrons. The Kier molecular flexibility index (Phi) is 8.52. The van der Waals surface area contributed by atoms with Crippen molar-refractivity contribution >= 4 is 43.6 Å². The molecule has 10 rings (SSSR count). The zero-order valence-corrected chi connectivity index (χ0v) is 33.4. The largest absolute Gasteiger partial charge is 0.416 e. The highest BCUT2D eigenvalue weighted by Gasteiger charge is 2.32. The van der Waals surface area contributed by atoms with Crippen molar-refractivity contribution in [3.8, 4) is 51.0 Å². The van der Waals surface area contributed by atoms with Crippen LogP contribution in [0.2, 0.25) is 0 Å². The molecule has 4 nitrogen and oxygen atoms in total. The number of rotatable bonds is 5. The summed E-state index contributed by atoms with van der Waals surface area (Å²) >= 11 is 0. The van der Waals surface area contributed by atoms with Crippen LogP contribution < -0.4 is 0 Å². The van der Waals surface area contributed by atoms with Crippen molar-refractivity contribution in [3.63, 3.8) is 0 Å². The van der Waals surface area contributed by atoms with Crippen LogP contribution >= 0.6 is 0 Å². The van der Waals surface area contributed by atoms with Gasteiger partial charge in [0.2, 0.25) is 0 Å². The van der Waals surface area contributed by atoms with E-state index in [1.807, 2.05) is 48.5 Å². The molecule has 3 heterocycles. The van der Waals surface area contributed by atoms with E-state index in [0.717, 1.165) is 78.0 Å². The molecule has 0 aliphatic carbocycles. The number of halogens is 3. The molecular weight excluding hydrogens is 750 g/mol. The first-order valence-corrected chi connectivity index (χ1v) is 19.8. The summed E-state index contributed by atoms with van der Waals surface area (Å²) in [5.74, 6) is 0.535. The quantitative estimate of drug-likeness (QED) is 0.174. The van der Waals surface area contributed by atoms with Crippen molar-refractivity contribution in [1.29, 1.82) is 5.26 Å². The molecule has 0 spiro atoms. The Morgan fingerprint density at radius 1 is 0.500 bits per heavy atom. The summed E-state index contributed by atoms with van der Waals surface area (Å²) in [5.41, 5.74) is 13.1. The zero-order chi connectivity index (χ0) is 41.4. The first kappa shape index (κ1) is 36.9. The monoisotopic (exact) mass is 786 g/mol. The molecule has 3 aromatic heterocycles. The minimum Gasteiger partial charge on any atom is -0.307 e. The van der Waals surface area contributed by atoms with Crippen LogP contribution in [0.25, 0.3) is 88.5 Å². The van der Waals surface area contributed by atoms with Crippen LogP contribution in [0.1, 0.15) is 33.4 Å². The molecule has 0 aliphatic rings. The Balaban J connectivity index is 1.25. The van der Waals surface area contributed by atoms with Crippen molar-refractivity contribution in [1.82, 2.24) is 14.1 Å². The molecule has 7 aromatic carbocycles. The van der Waals surface area contributed by atoms with Crippen LogP contribution in [0.4, 0.5) is 13.2 Å². The zero-order valence-electron chi connectivity index (χ0n) is 33.4. The van der Waals surface area contributed by atoms with E-state index in [4.69, 9.17) is 4.98 Å². The number of aryl methyl sites for hydroxylation is 4. The highest BCUT2D eigenvalue weighted by atomic mass is 19.4. The first-order chi connectivity index (χ1) is 29.0. The maximum atomic E-state index is 14.5. The van der Waals surface area contributed by atoms with Crippen molar-refractivity contribution in [2.45, 2.75) is 33.9 Å². The van der Waals surface area contributed by atoms with Crippen LogP contribution in [0, 0.1) is 39.0 Å². The van der Waals surface area contributed by atoms with Crippen molar-refractivity contribution in [2.24, 2.45) is 0 Å². The van der Waals surface area contributed by atoms with E-state index in [0.29, 0.717) is 17.1 Å². The molecular formula is C53H37F3N4. The number of para-hydroxylation sites is 2. The van der Waals surface area contributed by atoms with Gasteiger partial charge >= 0.3 is 6.18 Å². The predicted molar refractivity (Wildman–Crippen MR) is 238 cm³/mol. The molecule has 10 aromatic rings. The van der Waals surface area contributed by atoms with Gasteiger partial charge in [-0.25, -0.2) is 4.98 Å². The van der Waals surface area contributed by atoms with E-state index in [2.05, 4.69) is 122 Å². The number of nitrogens with zero attached hydrogens (tertiary/aromatic N) is 4. The van der Waals surface area contributed by atoms with Gasteiger partial charge in [-0.15, -0.1) is 0 Å². The van der Waals surface area contributed by atoms with Gasteiger partial charge in [0, 0.05) is 27.1 Å². The van der Waals surface area contributed by atoms with Gasteiger partial charge in [-0.3, -0.25) is 4.57 Å². The Bertz CT molecular complexity index is 3430. The van der Waals surface area contributed by atoms with Crippen molar-refractivity contribution < 1.29 is 13.2 Å². The molecule has 0 atom stereocenters. The minimum atomic E-state index is -4.67. The molecule has 0 bridgehead atoms. The second kappa shape index (κ2) is 13.9. The molecule has 7 heteroatoms. The van der Waals surface area contributed by atoms with E-state index in [9.17, 15) is 18.4 Å². The maximum Gasteiger partial charge on any atom is 0.416 e. The standard InChI is InChI=1S/C53H37F3N4/c1-31-13-17-40(33(3)21-31)36-15-19-49-45(26-36)42-9-5-7-11-47(42)59(49)51-30-58-52(28-44(51)38-23-35(29-57)24-39(25-38)53(54,55)56)60-48-12-8-6-10-43(48)46-27-37(16-20-50(46)60)41-18-14-32(2)22-34(41)4/h5-28,30H,1-4H3. The van der Waals surface area contributed by atoms with Gasteiger partial charge in [-0.2, -0.15) is 18.4 Å².